The molecule has 0 spiro atoms. The quantitative estimate of drug-likeness (QED) is 0.637. The zero-order valence-corrected chi connectivity index (χ0v) is 17.9. The summed E-state index contributed by atoms with van der Waals surface area (Å²) in [5.41, 5.74) is 2.19. The average molecular weight is 422 g/mol. The predicted molar refractivity (Wildman–Crippen MR) is 120 cm³/mol. The van der Waals surface area contributed by atoms with Gasteiger partial charge in [-0.1, -0.05) is 42.5 Å². The molecule has 5 nitrogen and oxygen atoms in total. The van der Waals surface area contributed by atoms with E-state index in [2.05, 4.69) is 41.3 Å². The monoisotopic (exact) mass is 421 g/mol. The van der Waals surface area contributed by atoms with E-state index in [1.807, 2.05) is 34.4 Å². The van der Waals surface area contributed by atoms with Crippen LogP contribution >= 0.6 is 11.3 Å². The summed E-state index contributed by atoms with van der Waals surface area (Å²) in [5.74, 6) is 0.691. The zero-order valence-electron chi connectivity index (χ0n) is 17.1. The van der Waals surface area contributed by atoms with Crippen molar-refractivity contribution in [2.24, 2.45) is 0 Å². The van der Waals surface area contributed by atoms with E-state index in [1.165, 1.54) is 9.71 Å². The van der Waals surface area contributed by atoms with Crippen molar-refractivity contribution >= 4 is 27.5 Å². The molecular formula is C24H27N3O2S. The first kappa shape index (κ1) is 19.7. The minimum Gasteiger partial charge on any atom is -0.378 e. The van der Waals surface area contributed by atoms with E-state index in [0.717, 1.165) is 37.0 Å². The Balaban J connectivity index is 1.33. The van der Waals surface area contributed by atoms with Gasteiger partial charge in [0.2, 0.25) is 5.91 Å². The van der Waals surface area contributed by atoms with Gasteiger partial charge < -0.3 is 9.64 Å². The fourth-order valence-corrected chi connectivity index (χ4v) is 5.71. The lowest BCUT2D eigenvalue weighted by molar-refractivity contribution is -0.142. The molecule has 2 fully saturated rings. The molecule has 1 atom stereocenters. The van der Waals surface area contributed by atoms with Crippen molar-refractivity contribution in [3.05, 3.63) is 65.2 Å². The van der Waals surface area contributed by atoms with Crippen LogP contribution in [0.5, 0.6) is 0 Å². The molecule has 0 aliphatic carbocycles. The Morgan fingerprint density at radius 1 is 0.967 bits per heavy atom. The fraction of sp³-hybridized carbons (Fsp3) is 0.417. The molecule has 0 radical (unpaired) electrons. The lowest BCUT2D eigenvalue weighted by Gasteiger charge is -2.39. The smallest absolute Gasteiger partial charge is 0.244 e. The van der Waals surface area contributed by atoms with Gasteiger partial charge in [0.1, 0.15) is 6.04 Å². The molecule has 1 aromatic heterocycles. The minimum absolute atomic E-state index is 0.208. The molecule has 0 bridgehead atoms. The number of ether oxygens (including phenoxy) is 1. The van der Waals surface area contributed by atoms with Crippen molar-refractivity contribution in [1.29, 1.82) is 0 Å². The Kier molecular flexibility index (Phi) is 5.79. The number of fused-ring (bicyclic) bond motifs is 1. The maximum absolute atomic E-state index is 13.5. The number of aromatic nitrogens is 1. The lowest BCUT2D eigenvalue weighted by atomic mass is 9.94. The Labute approximate surface area is 181 Å². The number of amides is 1. The molecule has 0 N–H and O–H groups in total. The third kappa shape index (κ3) is 4.00. The lowest BCUT2D eigenvalue weighted by Crippen LogP contribution is -2.49. The highest BCUT2D eigenvalue weighted by Crippen LogP contribution is 2.36. The first-order chi connectivity index (χ1) is 14.8. The van der Waals surface area contributed by atoms with Crippen LogP contribution in [0.2, 0.25) is 0 Å². The Morgan fingerprint density at radius 3 is 2.40 bits per heavy atom. The second kappa shape index (κ2) is 8.84. The Bertz CT molecular complexity index is 959. The van der Waals surface area contributed by atoms with Crippen LogP contribution in [0.4, 0.5) is 0 Å². The summed E-state index contributed by atoms with van der Waals surface area (Å²) in [4.78, 5) is 22.7. The first-order valence-electron chi connectivity index (χ1n) is 10.8. The van der Waals surface area contributed by atoms with E-state index in [9.17, 15) is 4.79 Å². The third-order valence-corrected chi connectivity index (χ3v) is 7.43. The van der Waals surface area contributed by atoms with Gasteiger partial charge in [0, 0.05) is 19.0 Å². The molecule has 30 heavy (non-hydrogen) atoms. The van der Waals surface area contributed by atoms with Gasteiger partial charge in [0.15, 0.2) is 0 Å². The third-order valence-electron chi connectivity index (χ3n) is 6.23. The highest BCUT2D eigenvalue weighted by Gasteiger charge is 2.35. The number of carbonyl (C=O) groups excluding carboxylic acids is 1. The molecule has 2 saturated heterocycles. The number of carbonyl (C=O) groups is 1. The van der Waals surface area contributed by atoms with Crippen LogP contribution in [0.1, 0.15) is 35.4 Å². The summed E-state index contributed by atoms with van der Waals surface area (Å²) in [7, 11) is 0. The van der Waals surface area contributed by atoms with Crippen molar-refractivity contribution < 1.29 is 9.53 Å². The van der Waals surface area contributed by atoms with Crippen molar-refractivity contribution in [2.75, 3.05) is 39.4 Å². The largest absolute Gasteiger partial charge is 0.378 e. The van der Waals surface area contributed by atoms with Crippen molar-refractivity contribution in [3.63, 3.8) is 0 Å². The highest BCUT2D eigenvalue weighted by molar-refractivity contribution is 7.18. The van der Waals surface area contributed by atoms with E-state index in [-0.39, 0.29) is 11.9 Å². The van der Waals surface area contributed by atoms with Crippen molar-refractivity contribution in [1.82, 2.24) is 14.8 Å². The second-order valence-electron chi connectivity index (χ2n) is 8.08. The number of hydrogen-bond acceptors (Lipinski definition) is 5. The number of likely N-dealkylation sites (tertiary alicyclic amines) is 1. The molecular weight excluding hydrogens is 394 g/mol. The van der Waals surface area contributed by atoms with Crippen LogP contribution in [0.25, 0.3) is 10.2 Å². The minimum atomic E-state index is -0.208. The van der Waals surface area contributed by atoms with Gasteiger partial charge in [-0.3, -0.25) is 9.69 Å². The van der Waals surface area contributed by atoms with E-state index in [4.69, 9.17) is 9.72 Å². The van der Waals surface area contributed by atoms with E-state index in [0.29, 0.717) is 32.2 Å². The summed E-state index contributed by atoms with van der Waals surface area (Å²) >= 11 is 1.82. The average Bonchev–Trinajstić information content (AvgIpc) is 3.25. The predicted octanol–water partition coefficient (Wildman–Crippen LogP) is 4.08. The molecule has 2 aliphatic heterocycles. The molecule has 156 valence electrons. The molecule has 6 heteroatoms. The van der Waals surface area contributed by atoms with E-state index in [1.54, 1.807) is 0 Å². The summed E-state index contributed by atoms with van der Waals surface area (Å²) < 4.78 is 6.72. The van der Waals surface area contributed by atoms with Crippen LogP contribution in [-0.4, -0.2) is 60.1 Å². The van der Waals surface area contributed by atoms with Gasteiger partial charge in [0.05, 0.1) is 28.4 Å². The van der Waals surface area contributed by atoms with Gasteiger partial charge in [-0.25, -0.2) is 4.98 Å². The number of morpholine rings is 1. The summed E-state index contributed by atoms with van der Waals surface area (Å²) in [5, 5.41) is 1.24. The SMILES string of the molecule is O=C([C@@H](c1ccccc1)N1CCC(c2nc3ccccc3s2)CC1)N1CCOCC1. The van der Waals surface area contributed by atoms with E-state index >= 15 is 0 Å². The van der Waals surface area contributed by atoms with Crippen LogP contribution in [-0.2, 0) is 9.53 Å². The number of piperidine rings is 1. The standard InChI is InChI=1S/C24H27N3O2S/c28-24(27-14-16-29-17-15-27)22(18-6-2-1-3-7-18)26-12-10-19(11-13-26)23-25-20-8-4-5-9-21(20)30-23/h1-9,19,22H,10-17H2/t22-/m1/s1. The number of rotatable bonds is 4. The molecule has 2 aliphatic rings. The number of nitrogens with zero attached hydrogens (tertiary/aromatic N) is 3. The molecule has 1 amide bonds. The number of benzene rings is 2. The maximum atomic E-state index is 13.5. The number of hydrogen-bond donors (Lipinski definition) is 0. The fourth-order valence-electron chi connectivity index (χ4n) is 4.57. The Hall–Kier alpha value is -2.28. The number of para-hydroxylation sites is 1. The van der Waals surface area contributed by atoms with Gasteiger partial charge in [-0.2, -0.15) is 0 Å². The molecule has 0 unspecified atom stereocenters. The molecule has 2 aromatic carbocycles. The Morgan fingerprint density at radius 2 is 1.67 bits per heavy atom. The maximum Gasteiger partial charge on any atom is 0.244 e. The van der Waals surface area contributed by atoms with Crippen LogP contribution in [0.3, 0.4) is 0 Å². The van der Waals surface area contributed by atoms with Gasteiger partial charge in [-0.05, 0) is 43.6 Å². The summed E-state index contributed by atoms with van der Waals surface area (Å²) in [6.45, 7) is 4.46. The molecule has 5 rings (SSSR count). The van der Waals surface area contributed by atoms with Crippen molar-refractivity contribution in [3.8, 4) is 0 Å². The molecule has 0 saturated carbocycles. The topological polar surface area (TPSA) is 45.7 Å². The van der Waals surface area contributed by atoms with E-state index < -0.39 is 0 Å². The number of thiazole rings is 1. The van der Waals surface area contributed by atoms with Crippen LogP contribution in [0.15, 0.2) is 54.6 Å². The summed E-state index contributed by atoms with van der Waals surface area (Å²) in [6, 6.07) is 18.4. The zero-order chi connectivity index (χ0) is 20.3. The second-order valence-corrected chi connectivity index (χ2v) is 9.14. The molecule has 3 aromatic rings. The van der Waals surface area contributed by atoms with Crippen molar-refractivity contribution in [2.45, 2.75) is 24.8 Å². The van der Waals surface area contributed by atoms with Crippen LogP contribution < -0.4 is 0 Å². The highest BCUT2D eigenvalue weighted by atomic mass is 32.1. The first-order valence-corrected chi connectivity index (χ1v) is 11.6. The summed E-state index contributed by atoms with van der Waals surface area (Å²) in [6.07, 6.45) is 2.08. The van der Waals surface area contributed by atoms with Gasteiger partial charge in [0.25, 0.3) is 0 Å². The molecule has 3 heterocycles. The van der Waals surface area contributed by atoms with Gasteiger partial charge in [-0.15, -0.1) is 11.3 Å². The van der Waals surface area contributed by atoms with Gasteiger partial charge >= 0.3 is 0 Å². The van der Waals surface area contributed by atoms with Crippen LogP contribution in [0, 0.1) is 0 Å². The normalized spacial score (nSPS) is 19.8.